The molecule has 5 nitrogen and oxygen atoms in total. The van der Waals surface area contributed by atoms with Crippen LogP contribution in [0, 0.1) is 0 Å². The van der Waals surface area contributed by atoms with Crippen LogP contribution in [-0.4, -0.2) is 34.8 Å². The molecule has 0 radical (unpaired) electrons. The summed E-state index contributed by atoms with van der Waals surface area (Å²) in [5.74, 6) is -0.392. The average Bonchev–Trinajstić information content (AvgIpc) is 3.18. The number of nitrogens with zero attached hydrogens (tertiary/aromatic N) is 2. The van der Waals surface area contributed by atoms with E-state index in [4.69, 9.17) is 0 Å². The third-order valence-corrected chi connectivity index (χ3v) is 5.20. The Bertz CT molecular complexity index is 689. The van der Waals surface area contributed by atoms with Crippen molar-refractivity contribution in [2.75, 3.05) is 18.4 Å². The highest BCUT2D eigenvalue weighted by Crippen LogP contribution is 2.22. The van der Waals surface area contributed by atoms with Crippen LogP contribution in [0.3, 0.4) is 0 Å². The van der Waals surface area contributed by atoms with Gasteiger partial charge in [0.1, 0.15) is 0 Å². The monoisotopic (exact) mass is 387 g/mol. The zero-order valence-electron chi connectivity index (χ0n) is 16.2. The first-order valence-electron chi connectivity index (χ1n) is 9.68. The number of hydrogen-bond donors (Lipinski definition) is 1. The summed E-state index contributed by atoms with van der Waals surface area (Å²) in [6, 6.07) is 9.82. The van der Waals surface area contributed by atoms with Crippen LogP contribution in [0.4, 0.5) is 5.13 Å². The normalized spacial score (nSPS) is 11.8. The van der Waals surface area contributed by atoms with Crippen molar-refractivity contribution in [2.24, 2.45) is 0 Å². The van der Waals surface area contributed by atoms with Crippen molar-refractivity contribution in [3.8, 4) is 0 Å². The molecule has 1 aromatic carbocycles. The summed E-state index contributed by atoms with van der Waals surface area (Å²) in [5.41, 5.74) is 1.00. The minimum atomic E-state index is -0.218. The van der Waals surface area contributed by atoms with E-state index in [0.29, 0.717) is 18.1 Å². The third kappa shape index (κ3) is 6.79. The van der Waals surface area contributed by atoms with Crippen LogP contribution in [0.25, 0.3) is 0 Å². The lowest BCUT2D eigenvalue weighted by molar-refractivity contribution is -0.136. The van der Waals surface area contributed by atoms with E-state index in [9.17, 15) is 9.59 Å². The van der Waals surface area contributed by atoms with Crippen molar-refractivity contribution in [3.63, 3.8) is 0 Å². The lowest BCUT2D eigenvalue weighted by Gasteiger charge is -2.27. The molecule has 0 aliphatic carbocycles. The number of nitrogens with one attached hydrogen (secondary N) is 1. The van der Waals surface area contributed by atoms with Crippen LogP contribution in [0.15, 0.2) is 41.9 Å². The van der Waals surface area contributed by atoms with Crippen LogP contribution in [0.2, 0.25) is 0 Å². The van der Waals surface area contributed by atoms with E-state index in [0.717, 1.165) is 31.2 Å². The number of unbranched alkanes of at least 4 members (excludes halogenated alkanes) is 3. The average molecular weight is 388 g/mol. The van der Waals surface area contributed by atoms with Gasteiger partial charge in [0, 0.05) is 18.1 Å². The highest BCUT2D eigenvalue weighted by molar-refractivity contribution is 7.13. The summed E-state index contributed by atoms with van der Waals surface area (Å²) in [4.78, 5) is 31.4. The van der Waals surface area contributed by atoms with Gasteiger partial charge in [0.25, 0.3) is 0 Å². The second kappa shape index (κ2) is 11.5. The van der Waals surface area contributed by atoms with Gasteiger partial charge in [0.15, 0.2) is 5.13 Å². The molecule has 1 heterocycles. The van der Waals surface area contributed by atoms with Crippen molar-refractivity contribution >= 4 is 28.3 Å². The van der Waals surface area contributed by atoms with E-state index in [2.05, 4.69) is 17.2 Å². The van der Waals surface area contributed by atoms with E-state index >= 15 is 0 Å². The Morgan fingerprint density at radius 1 is 1.15 bits per heavy atom. The molecule has 0 saturated heterocycles. The fourth-order valence-electron chi connectivity index (χ4n) is 3.07. The topological polar surface area (TPSA) is 62.3 Å². The summed E-state index contributed by atoms with van der Waals surface area (Å²) >= 11 is 1.37. The zero-order chi connectivity index (χ0) is 19.5. The van der Waals surface area contributed by atoms with Crippen molar-refractivity contribution in [1.29, 1.82) is 0 Å². The number of benzene rings is 1. The number of rotatable bonds is 11. The second-order valence-corrected chi connectivity index (χ2v) is 7.47. The Labute approximate surface area is 165 Å². The SMILES string of the molecule is CCCCCCN(CC(=O)Nc1nccs1)C(=O)[C@@H](CC)c1ccccc1. The van der Waals surface area contributed by atoms with E-state index < -0.39 is 0 Å². The molecule has 0 unspecified atom stereocenters. The van der Waals surface area contributed by atoms with Crippen molar-refractivity contribution in [1.82, 2.24) is 9.88 Å². The van der Waals surface area contributed by atoms with Gasteiger partial charge in [-0.3, -0.25) is 9.59 Å². The standard InChI is InChI=1S/C21H29N3O2S/c1-3-5-6-10-14-24(16-19(25)23-21-22-13-15-27-21)20(26)18(4-2)17-11-8-7-9-12-17/h7-9,11-13,15,18H,3-6,10,14,16H2,1-2H3,(H,22,23,25)/t18-/m0/s1. The van der Waals surface area contributed by atoms with Gasteiger partial charge >= 0.3 is 0 Å². The fourth-order valence-corrected chi connectivity index (χ4v) is 3.62. The number of carbonyl (C=O) groups is 2. The van der Waals surface area contributed by atoms with Crippen molar-refractivity contribution in [3.05, 3.63) is 47.5 Å². The number of hydrogen-bond acceptors (Lipinski definition) is 4. The quantitative estimate of drug-likeness (QED) is 0.569. The summed E-state index contributed by atoms with van der Waals surface area (Å²) < 4.78 is 0. The molecule has 0 aliphatic rings. The van der Waals surface area contributed by atoms with Gasteiger partial charge in [-0.1, -0.05) is 63.4 Å². The Kier molecular flexibility index (Phi) is 8.98. The van der Waals surface area contributed by atoms with Gasteiger partial charge in [-0.25, -0.2) is 4.98 Å². The molecule has 1 aromatic heterocycles. The maximum Gasteiger partial charge on any atom is 0.245 e. The highest BCUT2D eigenvalue weighted by Gasteiger charge is 2.25. The molecule has 0 saturated carbocycles. The molecule has 146 valence electrons. The summed E-state index contributed by atoms with van der Waals surface area (Å²) in [6.07, 6.45) is 6.62. The Hall–Kier alpha value is -2.21. The first-order valence-corrected chi connectivity index (χ1v) is 10.6. The minimum Gasteiger partial charge on any atom is -0.333 e. The third-order valence-electron chi connectivity index (χ3n) is 4.51. The Balaban J connectivity index is 2.06. The summed E-state index contributed by atoms with van der Waals surface area (Å²) in [7, 11) is 0. The Morgan fingerprint density at radius 2 is 1.93 bits per heavy atom. The molecular weight excluding hydrogens is 358 g/mol. The number of anilines is 1. The minimum absolute atomic E-state index is 0.0227. The molecule has 6 heteroatoms. The van der Waals surface area contributed by atoms with Crippen LogP contribution in [0.1, 0.15) is 57.4 Å². The van der Waals surface area contributed by atoms with Crippen molar-refractivity contribution in [2.45, 2.75) is 51.9 Å². The van der Waals surface area contributed by atoms with E-state index in [1.54, 1.807) is 11.1 Å². The first kappa shape index (κ1) is 21.1. The molecule has 2 amide bonds. The van der Waals surface area contributed by atoms with E-state index in [-0.39, 0.29) is 24.3 Å². The lowest BCUT2D eigenvalue weighted by Crippen LogP contribution is -2.41. The van der Waals surface area contributed by atoms with Gasteiger partial charge in [-0.15, -0.1) is 11.3 Å². The number of carbonyl (C=O) groups excluding carboxylic acids is 2. The molecule has 2 rings (SSSR count). The second-order valence-electron chi connectivity index (χ2n) is 6.58. The number of thiazole rings is 1. The van der Waals surface area contributed by atoms with E-state index in [1.165, 1.54) is 11.3 Å². The van der Waals surface area contributed by atoms with E-state index in [1.807, 2.05) is 42.6 Å². The molecule has 2 aromatic rings. The molecule has 0 aliphatic heterocycles. The largest absolute Gasteiger partial charge is 0.333 e. The fraction of sp³-hybridized carbons (Fsp3) is 0.476. The molecule has 0 fully saturated rings. The van der Waals surface area contributed by atoms with Crippen molar-refractivity contribution < 1.29 is 9.59 Å². The molecule has 0 bridgehead atoms. The predicted molar refractivity (Wildman–Crippen MR) is 111 cm³/mol. The molecule has 1 N–H and O–H groups in total. The number of amides is 2. The van der Waals surface area contributed by atoms with Crippen LogP contribution < -0.4 is 5.32 Å². The molecule has 1 atom stereocenters. The summed E-state index contributed by atoms with van der Waals surface area (Å²) in [6.45, 7) is 4.84. The first-order chi connectivity index (χ1) is 13.2. The van der Waals surface area contributed by atoms with Gasteiger partial charge in [0.05, 0.1) is 12.5 Å². The molecule has 27 heavy (non-hydrogen) atoms. The zero-order valence-corrected chi connectivity index (χ0v) is 17.0. The summed E-state index contributed by atoms with van der Waals surface area (Å²) in [5, 5.41) is 5.15. The Morgan fingerprint density at radius 3 is 2.56 bits per heavy atom. The maximum absolute atomic E-state index is 13.2. The van der Waals surface area contributed by atoms with Gasteiger partial charge in [0.2, 0.25) is 11.8 Å². The maximum atomic E-state index is 13.2. The molecular formula is C21H29N3O2S. The molecule has 0 spiro atoms. The van der Waals surface area contributed by atoms with Crippen LogP contribution in [-0.2, 0) is 9.59 Å². The lowest BCUT2D eigenvalue weighted by atomic mass is 9.95. The predicted octanol–water partition coefficient (Wildman–Crippen LogP) is 4.68. The van der Waals surface area contributed by atoms with Gasteiger partial charge in [-0.2, -0.15) is 0 Å². The van der Waals surface area contributed by atoms with Crippen LogP contribution >= 0.6 is 11.3 Å². The smallest absolute Gasteiger partial charge is 0.245 e. The van der Waals surface area contributed by atoms with Crippen LogP contribution in [0.5, 0.6) is 0 Å². The number of aromatic nitrogens is 1. The van der Waals surface area contributed by atoms with Gasteiger partial charge in [-0.05, 0) is 18.4 Å². The van der Waals surface area contributed by atoms with Gasteiger partial charge < -0.3 is 10.2 Å². The highest BCUT2D eigenvalue weighted by atomic mass is 32.1.